The van der Waals surface area contributed by atoms with Gasteiger partial charge in [0, 0.05) is 18.3 Å². The average molecular weight is 336 g/mol. The molecule has 1 aromatic carbocycles. The zero-order chi connectivity index (χ0) is 17.6. The van der Waals surface area contributed by atoms with Gasteiger partial charge in [-0.2, -0.15) is 5.10 Å². The van der Waals surface area contributed by atoms with Gasteiger partial charge in [0.15, 0.2) is 5.65 Å². The van der Waals surface area contributed by atoms with Crippen LogP contribution < -0.4 is 5.32 Å². The first-order chi connectivity index (χ1) is 12.2. The van der Waals surface area contributed by atoms with E-state index in [-0.39, 0.29) is 5.91 Å². The number of amides is 1. The molecule has 0 bridgehead atoms. The van der Waals surface area contributed by atoms with Crippen LogP contribution in [0.25, 0.3) is 16.9 Å². The van der Waals surface area contributed by atoms with Crippen molar-refractivity contribution in [2.75, 3.05) is 6.54 Å². The zero-order valence-electron chi connectivity index (χ0n) is 14.8. The summed E-state index contributed by atoms with van der Waals surface area (Å²) in [5.41, 5.74) is 4.27. The number of carbonyl (C=O) groups is 1. The Kier molecular flexibility index (Phi) is 5.43. The van der Waals surface area contributed by atoms with E-state index in [1.165, 1.54) is 18.4 Å². The van der Waals surface area contributed by atoms with E-state index in [1.807, 2.05) is 18.2 Å². The molecule has 0 saturated carbocycles. The van der Waals surface area contributed by atoms with Crippen molar-refractivity contribution < 1.29 is 4.79 Å². The van der Waals surface area contributed by atoms with Gasteiger partial charge in [0.1, 0.15) is 5.56 Å². The van der Waals surface area contributed by atoms with Crippen LogP contribution in [0, 0.1) is 6.92 Å². The summed E-state index contributed by atoms with van der Waals surface area (Å²) in [4.78, 5) is 16.8. The topological polar surface area (TPSA) is 59.3 Å². The molecule has 2 aromatic heterocycles. The molecule has 3 aromatic rings. The fourth-order valence-corrected chi connectivity index (χ4v) is 2.92. The number of nitrogens with one attached hydrogen (secondary N) is 1. The van der Waals surface area contributed by atoms with E-state index in [0.717, 1.165) is 24.1 Å². The second-order valence-electron chi connectivity index (χ2n) is 6.31. The van der Waals surface area contributed by atoms with E-state index < -0.39 is 0 Å². The molecule has 0 aliphatic carbocycles. The lowest BCUT2D eigenvalue weighted by atomic mass is 10.1. The Bertz CT molecular complexity index is 869. The highest BCUT2D eigenvalue weighted by Gasteiger charge is 2.15. The average Bonchev–Trinajstić information content (AvgIpc) is 3.05. The van der Waals surface area contributed by atoms with Crippen molar-refractivity contribution in [2.45, 2.75) is 39.5 Å². The van der Waals surface area contributed by atoms with Crippen molar-refractivity contribution in [3.05, 3.63) is 53.9 Å². The van der Waals surface area contributed by atoms with Crippen molar-refractivity contribution >= 4 is 11.6 Å². The van der Waals surface area contributed by atoms with Gasteiger partial charge in [-0.1, -0.05) is 49.9 Å². The lowest BCUT2D eigenvalue weighted by Gasteiger charge is -2.06. The minimum Gasteiger partial charge on any atom is -0.352 e. The summed E-state index contributed by atoms with van der Waals surface area (Å²) in [6.07, 6.45) is 7.86. The number of hydrogen-bond donors (Lipinski definition) is 1. The van der Waals surface area contributed by atoms with E-state index in [1.54, 1.807) is 16.9 Å². The van der Waals surface area contributed by atoms with Crippen molar-refractivity contribution in [2.24, 2.45) is 0 Å². The Morgan fingerprint density at radius 3 is 2.88 bits per heavy atom. The summed E-state index contributed by atoms with van der Waals surface area (Å²) in [5.74, 6) is -0.111. The van der Waals surface area contributed by atoms with E-state index in [0.29, 0.717) is 17.8 Å². The van der Waals surface area contributed by atoms with Gasteiger partial charge in [0.2, 0.25) is 0 Å². The van der Waals surface area contributed by atoms with E-state index in [9.17, 15) is 4.79 Å². The van der Waals surface area contributed by atoms with Crippen LogP contribution in [-0.2, 0) is 0 Å². The lowest BCUT2D eigenvalue weighted by Crippen LogP contribution is -2.24. The van der Waals surface area contributed by atoms with Gasteiger partial charge < -0.3 is 5.32 Å². The SMILES string of the molecule is CCCCCCNC(=O)c1cnn2c(-c3cccc(C)c3)ccnc12. The molecule has 0 spiro atoms. The number of aromatic nitrogens is 3. The molecule has 1 N–H and O–H groups in total. The minimum absolute atomic E-state index is 0.111. The molecule has 1 amide bonds. The van der Waals surface area contributed by atoms with Gasteiger partial charge in [0.05, 0.1) is 11.9 Å². The summed E-state index contributed by atoms with van der Waals surface area (Å²) in [5, 5.41) is 7.37. The van der Waals surface area contributed by atoms with Crippen LogP contribution in [0.3, 0.4) is 0 Å². The smallest absolute Gasteiger partial charge is 0.256 e. The Morgan fingerprint density at radius 1 is 1.20 bits per heavy atom. The van der Waals surface area contributed by atoms with Crippen molar-refractivity contribution in [3.63, 3.8) is 0 Å². The first-order valence-electron chi connectivity index (χ1n) is 8.88. The highest BCUT2D eigenvalue weighted by Crippen LogP contribution is 2.21. The molecule has 0 radical (unpaired) electrons. The largest absolute Gasteiger partial charge is 0.352 e. The third-order valence-corrected chi connectivity index (χ3v) is 4.28. The molecule has 2 heterocycles. The van der Waals surface area contributed by atoms with E-state index >= 15 is 0 Å². The molecular formula is C20H24N4O. The van der Waals surface area contributed by atoms with Crippen LogP contribution in [0.4, 0.5) is 0 Å². The highest BCUT2D eigenvalue weighted by atomic mass is 16.1. The predicted octanol–water partition coefficient (Wildman–Crippen LogP) is 4.01. The molecule has 5 heteroatoms. The van der Waals surface area contributed by atoms with Gasteiger partial charge in [-0.15, -0.1) is 0 Å². The number of benzene rings is 1. The van der Waals surface area contributed by atoms with Crippen molar-refractivity contribution in [1.82, 2.24) is 19.9 Å². The number of unbranched alkanes of at least 4 members (excludes halogenated alkanes) is 3. The summed E-state index contributed by atoms with van der Waals surface area (Å²) in [7, 11) is 0. The molecule has 3 rings (SSSR count). The maximum Gasteiger partial charge on any atom is 0.256 e. The molecule has 0 unspecified atom stereocenters. The standard InChI is InChI=1S/C20H24N4O/c1-3-4-5-6-11-22-20(25)17-14-23-24-18(10-12-21-19(17)24)16-9-7-8-15(2)13-16/h7-10,12-14H,3-6,11H2,1-2H3,(H,22,25). The second-order valence-corrected chi connectivity index (χ2v) is 6.31. The molecule has 0 atom stereocenters. The minimum atomic E-state index is -0.111. The molecule has 0 aliphatic heterocycles. The van der Waals surface area contributed by atoms with Crippen LogP contribution in [0.2, 0.25) is 0 Å². The van der Waals surface area contributed by atoms with Gasteiger partial charge in [-0.25, -0.2) is 9.50 Å². The summed E-state index contributed by atoms with van der Waals surface area (Å²) in [6.45, 7) is 4.92. The molecule has 0 fully saturated rings. The Labute approximate surface area is 148 Å². The van der Waals surface area contributed by atoms with Gasteiger partial charge in [-0.05, 0) is 25.5 Å². The molecule has 0 saturated heterocycles. The maximum atomic E-state index is 12.4. The Hall–Kier alpha value is -2.69. The molecular weight excluding hydrogens is 312 g/mol. The third kappa shape index (κ3) is 3.87. The maximum absolute atomic E-state index is 12.4. The number of rotatable bonds is 7. The number of nitrogens with zero attached hydrogens (tertiary/aromatic N) is 3. The van der Waals surface area contributed by atoms with Crippen LogP contribution in [0.5, 0.6) is 0 Å². The lowest BCUT2D eigenvalue weighted by molar-refractivity contribution is 0.0954. The molecule has 130 valence electrons. The van der Waals surface area contributed by atoms with E-state index in [4.69, 9.17) is 0 Å². The third-order valence-electron chi connectivity index (χ3n) is 4.28. The van der Waals surface area contributed by atoms with Crippen molar-refractivity contribution in [3.8, 4) is 11.3 Å². The Morgan fingerprint density at radius 2 is 2.08 bits per heavy atom. The van der Waals surface area contributed by atoms with Gasteiger partial charge in [-0.3, -0.25) is 4.79 Å². The first-order valence-corrected chi connectivity index (χ1v) is 8.88. The highest BCUT2D eigenvalue weighted by molar-refractivity contribution is 5.99. The number of aryl methyl sites for hydroxylation is 1. The quantitative estimate of drug-likeness (QED) is 0.663. The summed E-state index contributed by atoms with van der Waals surface area (Å²) >= 11 is 0. The normalized spacial score (nSPS) is 11.0. The van der Waals surface area contributed by atoms with Gasteiger partial charge >= 0.3 is 0 Å². The molecule has 0 aliphatic rings. The van der Waals surface area contributed by atoms with Crippen LogP contribution in [-0.4, -0.2) is 27.0 Å². The predicted molar refractivity (Wildman–Crippen MR) is 99.6 cm³/mol. The van der Waals surface area contributed by atoms with Crippen molar-refractivity contribution in [1.29, 1.82) is 0 Å². The first kappa shape index (κ1) is 17.1. The Balaban J connectivity index is 1.82. The van der Waals surface area contributed by atoms with Crippen LogP contribution in [0.15, 0.2) is 42.7 Å². The number of carbonyl (C=O) groups excluding carboxylic acids is 1. The molecule has 5 nitrogen and oxygen atoms in total. The zero-order valence-corrected chi connectivity index (χ0v) is 14.8. The van der Waals surface area contributed by atoms with Crippen LogP contribution >= 0.6 is 0 Å². The summed E-state index contributed by atoms with van der Waals surface area (Å²) in [6, 6.07) is 10.1. The van der Waals surface area contributed by atoms with E-state index in [2.05, 4.69) is 41.4 Å². The number of fused-ring (bicyclic) bond motifs is 1. The van der Waals surface area contributed by atoms with Crippen LogP contribution in [0.1, 0.15) is 48.5 Å². The monoisotopic (exact) mass is 336 g/mol. The number of hydrogen-bond acceptors (Lipinski definition) is 3. The molecule has 25 heavy (non-hydrogen) atoms. The van der Waals surface area contributed by atoms with Gasteiger partial charge in [0.25, 0.3) is 5.91 Å². The fourth-order valence-electron chi connectivity index (χ4n) is 2.92. The fraction of sp³-hybridized carbons (Fsp3) is 0.350. The summed E-state index contributed by atoms with van der Waals surface area (Å²) < 4.78 is 1.74. The second kappa shape index (κ2) is 7.92.